The van der Waals surface area contributed by atoms with Crippen LogP contribution in [0.2, 0.25) is 5.22 Å². The van der Waals surface area contributed by atoms with Crippen LogP contribution < -0.4 is 0 Å². The van der Waals surface area contributed by atoms with Crippen LogP contribution in [0.4, 0.5) is 0 Å². The average Bonchev–Trinajstić information content (AvgIpc) is 2.54. The Bertz CT molecular complexity index is 487. The van der Waals surface area contributed by atoms with Gasteiger partial charge in [0, 0.05) is 21.7 Å². The topological polar surface area (TPSA) is 13.1 Å². The average molecular weight is 288 g/mol. The lowest BCUT2D eigenvalue weighted by atomic mass is 9.87. The number of rotatable bonds is 2. The Morgan fingerprint density at radius 2 is 2.00 bits per heavy atom. The predicted octanol–water partition coefficient (Wildman–Crippen LogP) is 4.76. The van der Waals surface area contributed by atoms with E-state index >= 15 is 0 Å². The summed E-state index contributed by atoms with van der Waals surface area (Å²) in [6.07, 6.45) is 0. The van der Waals surface area contributed by atoms with Crippen molar-refractivity contribution in [2.24, 2.45) is 0 Å². The zero-order chi connectivity index (χ0) is 11.1. The Kier molecular flexibility index (Phi) is 2.82. The predicted molar refractivity (Wildman–Crippen MR) is 68.0 cm³/mol. The van der Waals surface area contributed by atoms with E-state index in [9.17, 15) is 0 Å². The zero-order valence-electron chi connectivity index (χ0n) is 8.68. The number of hydrogen-bond acceptors (Lipinski definition) is 1. The largest absolute Gasteiger partial charge is 0.444 e. The van der Waals surface area contributed by atoms with Crippen molar-refractivity contribution in [2.45, 2.75) is 19.3 Å². The molecule has 0 aliphatic rings. The molecule has 2 aromatic rings. The fraction of sp³-hybridized carbons (Fsp3) is 0.333. The molecule has 0 radical (unpaired) electrons. The van der Waals surface area contributed by atoms with Gasteiger partial charge in [-0.25, -0.2) is 0 Å². The van der Waals surface area contributed by atoms with Gasteiger partial charge in [-0.1, -0.05) is 48.0 Å². The lowest BCUT2D eigenvalue weighted by Gasteiger charge is -2.20. The SMILES string of the molecule is CC(C)(CBr)c1c(Cl)oc2ccccc12. The molecule has 0 aliphatic carbocycles. The van der Waals surface area contributed by atoms with Crippen LogP contribution in [0, 0.1) is 0 Å². The molecule has 0 spiro atoms. The highest BCUT2D eigenvalue weighted by Crippen LogP contribution is 2.39. The monoisotopic (exact) mass is 286 g/mol. The van der Waals surface area contributed by atoms with Crippen molar-refractivity contribution in [3.05, 3.63) is 35.0 Å². The van der Waals surface area contributed by atoms with E-state index in [-0.39, 0.29) is 5.41 Å². The van der Waals surface area contributed by atoms with E-state index in [4.69, 9.17) is 16.0 Å². The number of alkyl halides is 1. The summed E-state index contributed by atoms with van der Waals surface area (Å²) in [5.74, 6) is 0. The molecule has 1 nitrogen and oxygen atoms in total. The van der Waals surface area contributed by atoms with Gasteiger partial charge in [-0.2, -0.15) is 0 Å². The van der Waals surface area contributed by atoms with Gasteiger partial charge >= 0.3 is 0 Å². The summed E-state index contributed by atoms with van der Waals surface area (Å²) in [7, 11) is 0. The molecule has 0 saturated carbocycles. The smallest absolute Gasteiger partial charge is 0.198 e. The summed E-state index contributed by atoms with van der Waals surface area (Å²) in [6.45, 7) is 4.29. The molecule has 0 atom stereocenters. The van der Waals surface area contributed by atoms with E-state index in [0.29, 0.717) is 5.22 Å². The number of fused-ring (bicyclic) bond motifs is 1. The number of benzene rings is 1. The van der Waals surface area contributed by atoms with Crippen molar-refractivity contribution in [3.8, 4) is 0 Å². The third kappa shape index (κ3) is 1.81. The summed E-state index contributed by atoms with van der Waals surface area (Å²) < 4.78 is 5.53. The number of halogens is 2. The molecule has 3 heteroatoms. The van der Waals surface area contributed by atoms with Crippen molar-refractivity contribution in [2.75, 3.05) is 5.33 Å². The minimum absolute atomic E-state index is 0.0241. The first-order valence-electron chi connectivity index (χ1n) is 4.80. The number of furan rings is 1. The van der Waals surface area contributed by atoms with E-state index in [0.717, 1.165) is 21.9 Å². The Labute approximate surface area is 103 Å². The fourth-order valence-corrected chi connectivity index (χ4v) is 2.43. The Morgan fingerprint density at radius 3 is 2.67 bits per heavy atom. The van der Waals surface area contributed by atoms with Crippen LogP contribution in [0.1, 0.15) is 19.4 Å². The van der Waals surface area contributed by atoms with Crippen LogP contribution in [-0.2, 0) is 5.41 Å². The van der Waals surface area contributed by atoms with Crippen LogP contribution >= 0.6 is 27.5 Å². The Balaban J connectivity index is 2.74. The van der Waals surface area contributed by atoms with Crippen LogP contribution in [0.5, 0.6) is 0 Å². The molecule has 0 aliphatic heterocycles. The molecule has 1 aromatic carbocycles. The summed E-state index contributed by atoms with van der Waals surface area (Å²) in [6, 6.07) is 7.94. The van der Waals surface area contributed by atoms with Crippen LogP contribution in [0.25, 0.3) is 11.0 Å². The molecule has 0 fully saturated rings. The third-order valence-corrected chi connectivity index (χ3v) is 4.23. The van der Waals surface area contributed by atoms with Gasteiger partial charge in [0.15, 0.2) is 5.22 Å². The van der Waals surface area contributed by atoms with Gasteiger partial charge in [0.1, 0.15) is 5.58 Å². The van der Waals surface area contributed by atoms with Crippen molar-refractivity contribution in [1.82, 2.24) is 0 Å². The van der Waals surface area contributed by atoms with E-state index in [1.165, 1.54) is 0 Å². The lowest BCUT2D eigenvalue weighted by molar-refractivity contribution is 0.568. The molecule has 2 rings (SSSR count). The van der Waals surface area contributed by atoms with E-state index < -0.39 is 0 Å². The normalized spacial score (nSPS) is 12.3. The first kappa shape index (κ1) is 11.0. The molecule has 0 amide bonds. The van der Waals surface area contributed by atoms with Crippen molar-refractivity contribution in [1.29, 1.82) is 0 Å². The molecule has 0 saturated heterocycles. The van der Waals surface area contributed by atoms with Crippen LogP contribution in [0.3, 0.4) is 0 Å². The summed E-state index contributed by atoms with van der Waals surface area (Å²) in [5.41, 5.74) is 1.91. The van der Waals surface area contributed by atoms with E-state index in [1.54, 1.807) is 0 Å². The van der Waals surface area contributed by atoms with E-state index in [2.05, 4.69) is 29.8 Å². The Hall–Kier alpha value is -0.470. The second kappa shape index (κ2) is 3.84. The van der Waals surface area contributed by atoms with Crippen molar-refractivity contribution >= 4 is 38.5 Å². The number of para-hydroxylation sites is 1. The van der Waals surface area contributed by atoms with Gasteiger partial charge in [0.2, 0.25) is 0 Å². The van der Waals surface area contributed by atoms with Crippen molar-refractivity contribution in [3.63, 3.8) is 0 Å². The fourth-order valence-electron chi connectivity index (χ4n) is 1.71. The second-order valence-corrected chi connectivity index (χ2v) is 5.17. The first-order valence-corrected chi connectivity index (χ1v) is 6.29. The lowest BCUT2D eigenvalue weighted by Crippen LogP contribution is -2.18. The summed E-state index contributed by atoms with van der Waals surface area (Å²) in [5, 5.41) is 2.45. The molecule has 80 valence electrons. The summed E-state index contributed by atoms with van der Waals surface area (Å²) in [4.78, 5) is 0. The minimum Gasteiger partial charge on any atom is -0.444 e. The number of hydrogen-bond donors (Lipinski definition) is 0. The summed E-state index contributed by atoms with van der Waals surface area (Å²) >= 11 is 9.66. The van der Waals surface area contributed by atoms with Gasteiger partial charge in [-0.05, 0) is 17.7 Å². The van der Waals surface area contributed by atoms with Crippen LogP contribution in [-0.4, -0.2) is 5.33 Å². The maximum Gasteiger partial charge on any atom is 0.198 e. The molecule has 0 unspecified atom stereocenters. The quantitative estimate of drug-likeness (QED) is 0.726. The molecule has 0 N–H and O–H groups in total. The third-order valence-electron chi connectivity index (χ3n) is 2.56. The van der Waals surface area contributed by atoms with Crippen molar-refractivity contribution < 1.29 is 4.42 Å². The van der Waals surface area contributed by atoms with E-state index in [1.807, 2.05) is 24.3 Å². The van der Waals surface area contributed by atoms with Gasteiger partial charge in [-0.15, -0.1) is 0 Å². The molecular weight excluding hydrogens is 275 g/mol. The Morgan fingerprint density at radius 1 is 1.33 bits per heavy atom. The van der Waals surface area contributed by atoms with Gasteiger partial charge in [0.05, 0.1) is 0 Å². The minimum atomic E-state index is -0.0241. The standard InChI is InChI=1S/C12H12BrClO/c1-12(2,7-13)10-8-5-3-4-6-9(8)15-11(10)14/h3-6H,7H2,1-2H3. The first-order chi connectivity index (χ1) is 7.06. The highest BCUT2D eigenvalue weighted by molar-refractivity contribution is 9.09. The molecule has 0 bridgehead atoms. The van der Waals surface area contributed by atoms with Crippen LogP contribution in [0.15, 0.2) is 28.7 Å². The molecule has 15 heavy (non-hydrogen) atoms. The highest BCUT2D eigenvalue weighted by atomic mass is 79.9. The van der Waals surface area contributed by atoms with Gasteiger partial charge in [-0.3, -0.25) is 0 Å². The molecule has 1 aromatic heterocycles. The zero-order valence-corrected chi connectivity index (χ0v) is 11.0. The van der Waals surface area contributed by atoms with Gasteiger partial charge in [0.25, 0.3) is 0 Å². The molecular formula is C12H12BrClO. The second-order valence-electron chi connectivity index (χ2n) is 4.26. The highest BCUT2D eigenvalue weighted by Gasteiger charge is 2.27. The maximum absolute atomic E-state index is 6.14. The van der Waals surface area contributed by atoms with Gasteiger partial charge < -0.3 is 4.42 Å². The maximum atomic E-state index is 6.14. The molecule has 1 heterocycles.